The average Bonchev–Trinajstić information content (AvgIpc) is 3.72. The van der Waals surface area contributed by atoms with Gasteiger partial charge < -0.3 is 14.2 Å². The van der Waals surface area contributed by atoms with Crippen LogP contribution in [0.1, 0.15) is 78.3 Å². The first-order valence-electron chi connectivity index (χ1n) is 16.6. The molecule has 4 fully saturated rings. The number of hydrogen-bond acceptors (Lipinski definition) is 7. The molecule has 0 spiro atoms. The van der Waals surface area contributed by atoms with Gasteiger partial charge in [-0.2, -0.15) is 25.4 Å². The molecular weight excluding hydrogens is 637 g/mol. The number of ketones is 1. The van der Waals surface area contributed by atoms with E-state index in [9.17, 15) is 22.8 Å². The van der Waals surface area contributed by atoms with Crippen molar-refractivity contribution < 1.29 is 27.5 Å². The van der Waals surface area contributed by atoms with Gasteiger partial charge in [0.25, 0.3) is 5.91 Å². The van der Waals surface area contributed by atoms with Crippen LogP contribution in [0.4, 0.5) is 0 Å². The van der Waals surface area contributed by atoms with Crippen molar-refractivity contribution in [2.24, 2.45) is 11.3 Å². The number of carbonyl (C=O) groups excluding carboxylic acids is 3. The number of piperidine rings is 1. The summed E-state index contributed by atoms with van der Waals surface area (Å²) >= 11 is 4.55. The van der Waals surface area contributed by atoms with Crippen LogP contribution in [0.5, 0.6) is 5.75 Å². The Labute approximate surface area is 280 Å². The van der Waals surface area contributed by atoms with Gasteiger partial charge in [0.2, 0.25) is 5.91 Å². The number of likely N-dealkylation sites (tertiary alicyclic amines) is 1. The first-order valence-corrected chi connectivity index (χ1v) is 18.6. The highest BCUT2D eigenvalue weighted by atomic mass is 32.2. The predicted octanol–water partition coefficient (Wildman–Crippen LogP) is 4.49. The summed E-state index contributed by atoms with van der Waals surface area (Å²) in [5, 5.41) is 1.03. The van der Waals surface area contributed by atoms with E-state index in [1.807, 2.05) is 17.0 Å². The molecule has 248 valence electrons. The molecule has 8 rings (SSSR count). The van der Waals surface area contributed by atoms with E-state index in [0.29, 0.717) is 31.1 Å². The average molecular weight is 677 g/mol. The zero-order valence-corrected chi connectivity index (χ0v) is 28.6. The van der Waals surface area contributed by atoms with Crippen molar-refractivity contribution in [2.75, 3.05) is 27.0 Å². The summed E-state index contributed by atoms with van der Waals surface area (Å²) < 4.78 is 36.2. The lowest BCUT2D eigenvalue weighted by molar-refractivity contribution is -0.178. The smallest absolute Gasteiger partial charge is 0.303 e. The Kier molecular flexibility index (Phi) is 7.13. The van der Waals surface area contributed by atoms with Crippen molar-refractivity contribution in [3.05, 3.63) is 53.1 Å². The second-order valence-electron chi connectivity index (χ2n) is 14.2. The molecular formula is C35H40N4O6S2. The number of aromatic nitrogens is 1. The molecule has 2 amide bonds. The normalized spacial score (nSPS) is 27.9. The van der Waals surface area contributed by atoms with Gasteiger partial charge in [0.05, 0.1) is 36.2 Å². The lowest BCUT2D eigenvalue weighted by atomic mass is 9.64. The van der Waals surface area contributed by atoms with Crippen LogP contribution >= 0.6 is 12.6 Å². The molecule has 5 atom stereocenters. The fraction of sp³-hybridized carbons (Fsp3) is 0.514. The topological polar surface area (TPSA) is 118 Å². The molecule has 10 nitrogen and oxygen atoms in total. The first-order chi connectivity index (χ1) is 22.5. The maximum absolute atomic E-state index is 14.8. The van der Waals surface area contributed by atoms with Gasteiger partial charge >= 0.3 is 10.2 Å². The molecule has 12 heteroatoms. The minimum absolute atomic E-state index is 0.0265. The van der Waals surface area contributed by atoms with Crippen molar-refractivity contribution in [1.29, 1.82) is 0 Å². The monoisotopic (exact) mass is 676 g/mol. The van der Waals surface area contributed by atoms with Gasteiger partial charge in [-0.3, -0.25) is 14.4 Å². The molecule has 0 radical (unpaired) electrons. The lowest BCUT2D eigenvalue weighted by Gasteiger charge is -2.60. The molecule has 3 saturated carbocycles. The van der Waals surface area contributed by atoms with Gasteiger partial charge in [0.15, 0.2) is 0 Å². The molecule has 2 aliphatic heterocycles. The van der Waals surface area contributed by atoms with Crippen molar-refractivity contribution in [2.45, 2.75) is 75.4 Å². The van der Waals surface area contributed by atoms with Gasteiger partial charge in [0.1, 0.15) is 11.5 Å². The van der Waals surface area contributed by atoms with Gasteiger partial charge in [-0.05, 0) is 66.6 Å². The predicted molar refractivity (Wildman–Crippen MR) is 181 cm³/mol. The largest absolute Gasteiger partial charge is 0.497 e. The molecule has 1 aromatic heterocycles. The maximum atomic E-state index is 14.8. The third-order valence-electron chi connectivity index (χ3n) is 11.7. The Morgan fingerprint density at radius 3 is 2.55 bits per heavy atom. The number of nitrogens with one attached hydrogen (secondary N) is 1. The van der Waals surface area contributed by atoms with Gasteiger partial charge in [-0.15, -0.1) is 0 Å². The van der Waals surface area contributed by atoms with Gasteiger partial charge in [0, 0.05) is 60.8 Å². The number of amides is 2. The summed E-state index contributed by atoms with van der Waals surface area (Å²) in [6, 6.07) is 11.4. The molecule has 3 heterocycles. The van der Waals surface area contributed by atoms with Gasteiger partial charge in [-0.1, -0.05) is 25.3 Å². The summed E-state index contributed by atoms with van der Waals surface area (Å²) in [6.07, 6.45) is 6.68. The van der Waals surface area contributed by atoms with E-state index < -0.39 is 21.5 Å². The van der Waals surface area contributed by atoms with Crippen LogP contribution in [0.3, 0.4) is 0 Å². The highest BCUT2D eigenvalue weighted by Gasteiger charge is 2.69. The van der Waals surface area contributed by atoms with E-state index in [1.54, 1.807) is 19.2 Å². The van der Waals surface area contributed by atoms with E-state index in [0.717, 1.165) is 63.5 Å². The van der Waals surface area contributed by atoms with Crippen LogP contribution in [0.25, 0.3) is 22.2 Å². The van der Waals surface area contributed by atoms with Gasteiger partial charge in [-0.25, -0.2) is 4.72 Å². The van der Waals surface area contributed by atoms with E-state index in [-0.39, 0.29) is 41.2 Å². The molecule has 5 unspecified atom stereocenters. The fourth-order valence-corrected chi connectivity index (χ4v) is 9.97. The van der Waals surface area contributed by atoms with Crippen molar-refractivity contribution in [3.8, 4) is 17.0 Å². The van der Waals surface area contributed by atoms with Crippen LogP contribution in [-0.4, -0.2) is 78.8 Å². The van der Waals surface area contributed by atoms with E-state index in [4.69, 9.17) is 4.74 Å². The van der Waals surface area contributed by atoms with Crippen LogP contribution < -0.4 is 9.46 Å². The maximum Gasteiger partial charge on any atom is 0.303 e. The Bertz CT molecular complexity index is 1970. The number of thiol groups is 1. The minimum atomic E-state index is -3.99. The number of rotatable bonds is 7. The second-order valence-corrected chi connectivity index (χ2v) is 16.5. The third kappa shape index (κ3) is 4.46. The van der Waals surface area contributed by atoms with Crippen molar-refractivity contribution in [1.82, 2.24) is 18.5 Å². The quantitative estimate of drug-likeness (QED) is 0.357. The number of ether oxygens (including phenoxy) is 1. The number of benzene rings is 2. The Hall–Kier alpha value is -3.35. The fourth-order valence-electron chi connectivity index (χ4n) is 9.03. The summed E-state index contributed by atoms with van der Waals surface area (Å²) in [5.41, 5.74) is 4.82. The standard InChI is InChI=1S/C35H40N4O6S2/c1-37(2)47(43,44)36-33(41)20-9-11-23-26(13-20)38-18-35(34(42)39-27-15-29(40)31(27)28(39)17-46)16-25(35)24-14-21(45-3)10-12-22(24)32(38)30(23)19-7-5-4-6-8-19/h9-14,19,25,27-28,31,46H,4-8,15-18H2,1-3H3,(H,36,41). The third-order valence-corrected chi connectivity index (χ3v) is 13.4. The van der Waals surface area contributed by atoms with Crippen LogP contribution in [0.15, 0.2) is 36.4 Å². The Balaban J connectivity index is 1.32. The van der Waals surface area contributed by atoms with E-state index >= 15 is 0 Å². The summed E-state index contributed by atoms with van der Waals surface area (Å²) in [7, 11) is 0.405. The van der Waals surface area contributed by atoms with Crippen molar-refractivity contribution in [3.63, 3.8) is 0 Å². The number of hydrogen-bond donors (Lipinski definition) is 2. The first kappa shape index (κ1) is 31.0. The van der Waals surface area contributed by atoms with Crippen LogP contribution in [-0.2, 0) is 26.3 Å². The lowest BCUT2D eigenvalue weighted by Crippen LogP contribution is -2.76. The summed E-state index contributed by atoms with van der Waals surface area (Å²) in [4.78, 5) is 42.5. The molecule has 2 aromatic carbocycles. The zero-order valence-electron chi connectivity index (χ0n) is 26.9. The summed E-state index contributed by atoms with van der Waals surface area (Å²) in [6.45, 7) is 0.425. The van der Waals surface area contributed by atoms with Crippen molar-refractivity contribution >= 4 is 51.3 Å². The number of methoxy groups -OCH3 is 1. The highest BCUT2D eigenvalue weighted by Crippen LogP contribution is 2.67. The Morgan fingerprint density at radius 1 is 1.11 bits per heavy atom. The summed E-state index contributed by atoms with van der Waals surface area (Å²) in [5.74, 6) is 0.955. The molecule has 3 aromatic rings. The SMILES string of the molecule is COc1ccc2c(c1)C1CC1(C(=O)N1C(CS)C3C(=O)CC31)Cn1c-2c(C2CCCCC2)c2ccc(C(=O)NS(=O)(=O)N(C)C)cc21. The zero-order chi connectivity index (χ0) is 33.0. The Morgan fingerprint density at radius 2 is 1.87 bits per heavy atom. The number of fused-ring (bicyclic) bond motifs is 8. The molecule has 5 aliphatic rings. The molecule has 3 aliphatic carbocycles. The molecule has 0 bridgehead atoms. The molecule has 1 saturated heterocycles. The molecule has 1 N–H and O–H groups in total. The van der Waals surface area contributed by atoms with Crippen LogP contribution in [0.2, 0.25) is 0 Å². The van der Waals surface area contributed by atoms with E-state index in [2.05, 4.69) is 34.1 Å². The number of nitrogens with zero attached hydrogens (tertiary/aromatic N) is 3. The number of carbonyl (C=O) groups is 3. The number of Topliss-reactive ketones (excluding diaryl/α,β-unsaturated/α-hetero) is 1. The van der Waals surface area contributed by atoms with Crippen LogP contribution in [0, 0.1) is 11.3 Å². The highest BCUT2D eigenvalue weighted by molar-refractivity contribution is 7.87. The minimum Gasteiger partial charge on any atom is -0.497 e. The second kappa shape index (κ2) is 10.8. The van der Waals surface area contributed by atoms with E-state index in [1.165, 1.54) is 26.1 Å². The molecule has 47 heavy (non-hydrogen) atoms.